The van der Waals surface area contributed by atoms with Crippen molar-refractivity contribution in [3.8, 4) is 0 Å². The lowest BCUT2D eigenvalue weighted by molar-refractivity contribution is -0.135. The van der Waals surface area contributed by atoms with Gasteiger partial charge in [-0.2, -0.15) is 0 Å². The van der Waals surface area contributed by atoms with E-state index >= 15 is 0 Å². The number of rotatable bonds is 4. The van der Waals surface area contributed by atoms with Crippen molar-refractivity contribution in [1.82, 2.24) is 14.7 Å². The fourth-order valence-electron chi connectivity index (χ4n) is 5.35. The minimum atomic E-state index is -0.0755. The van der Waals surface area contributed by atoms with Crippen molar-refractivity contribution >= 4 is 34.8 Å². The van der Waals surface area contributed by atoms with Crippen LogP contribution in [0.3, 0.4) is 0 Å². The molecule has 35 heavy (non-hydrogen) atoms. The second-order valence-electron chi connectivity index (χ2n) is 9.45. The highest BCUT2D eigenvalue weighted by Crippen LogP contribution is 2.38. The van der Waals surface area contributed by atoms with Crippen LogP contribution in [0.2, 0.25) is 5.02 Å². The summed E-state index contributed by atoms with van der Waals surface area (Å²) in [5.41, 5.74) is 4.35. The first-order valence-corrected chi connectivity index (χ1v) is 13.4. The van der Waals surface area contributed by atoms with Crippen LogP contribution in [0.25, 0.3) is 0 Å². The van der Waals surface area contributed by atoms with Crippen molar-refractivity contribution in [2.75, 3.05) is 32.7 Å². The molecule has 5 nitrogen and oxygen atoms in total. The van der Waals surface area contributed by atoms with Gasteiger partial charge in [0.2, 0.25) is 5.91 Å². The van der Waals surface area contributed by atoms with E-state index in [1.54, 1.807) is 12.1 Å². The van der Waals surface area contributed by atoms with E-state index in [9.17, 15) is 9.59 Å². The number of hydrogen-bond donors (Lipinski definition) is 0. The van der Waals surface area contributed by atoms with Crippen molar-refractivity contribution in [2.45, 2.75) is 32.4 Å². The number of amides is 2. The van der Waals surface area contributed by atoms with Gasteiger partial charge in [0.05, 0.1) is 23.2 Å². The Morgan fingerprint density at radius 3 is 2.54 bits per heavy atom. The Bertz CT molecular complexity index is 1240. The van der Waals surface area contributed by atoms with Gasteiger partial charge >= 0.3 is 0 Å². The summed E-state index contributed by atoms with van der Waals surface area (Å²) in [6, 6.07) is 17.9. The summed E-state index contributed by atoms with van der Waals surface area (Å²) in [7, 11) is 0. The van der Waals surface area contributed by atoms with Gasteiger partial charge in [-0.3, -0.25) is 14.5 Å². The first kappa shape index (κ1) is 24.0. The molecule has 182 valence electrons. The summed E-state index contributed by atoms with van der Waals surface area (Å²) < 4.78 is 0. The lowest BCUT2D eigenvalue weighted by Gasteiger charge is -2.42. The Morgan fingerprint density at radius 1 is 1.00 bits per heavy atom. The molecule has 0 saturated carbocycles. The summed E-state index contributed by atoms with van der Waals surface area (Å²) in [5.74, 6) is 0.0507. The van der Waals surface area contributed by atoms with Crippen molar-refractivity contribution in [2.24, 2.45) is 0 Å². The zero-order chi connectivity index (χ0) is 24.5. The Morgan fingerprint density at radius 2 is 1.77 bits per heavy atom. The molecule has 0 radical (unpaired) electrons. The summed E-state index contributed by atoms with van der Waals surface area (Å²) >= 11 is 8.07. The SMILES string of the molecule is Cc1ccccc1[C@@H]1c2ccsc2CCN1CC(=O)N1CCN(C(=O)c2ccccc2Cl)[C@@H](C)C1. The molecule has 2 aliphatic rings. The fourth-order valence-corrected chi connectivity index (χ4v) is 6.47. The van der Waals surface area contributed by atoms with E-state index in [0.29, 0.717) is 36.8 Å². The minimum Gasteiger partial charge on any atom is -0.338 e. The minimum absolute atomic E-state index is 0.0733. The van der Waals surface area contributed by atoms with Crippen LogP contribution in [0.15, 0.2) is 60.0 Å². The molecule has 5 rings (SSSR count). The largest absolute Gasteiger partial charge is 0.338 e. The van der Waals surface area contributed by atoms with Crippen LogP contribution in [0.5, 0.6) is 0 Å². The van der Waals surface area contributed by atoms with Crippen molar-refractivity contribution in [1.29, 1.82) is 0 Å². The highest BCUT2D eigenvalue weighted by Gasteiger charge is 2.35. The average molecular weight is 508 g/mol. The zero-order valence-electron chi connectivity index (χ0n) is 20.1. The lowest BCUT2D eigenvalue weighted by Crippen LogP contribution is -2.57. The summed E-state index contributed by atoms with van der Waals surface area (Å²) in [4.78, 5) is 34.1. The third-order valence-electron chi connectivity index (χ3n) is 7.23. The second-order valence-corrected chi connectivity index (χ2v) is 10.9. The highest BCUT2D eigenvalue weighted by atomic mass is 35.5. The first-order chi connectivity index (χ1) is 16.9. The molecule has 1 aromatic heterocycles. The molecule has 1 saturated heterocycles. The molecule has 7 heteroatoms. The number of carbonyl (C=O) groups excluding carboxylic acids is 2. The lowest BCUT2D eigenvalue weighted by atomic mass is 9.90. The van der Waals surface area contributed by atoms with E-state index in [4.69, 9.17) is 11.6 Å². The Kier molecular flexibility index (Phi) is 6.96. The number of aryl methyl sites for hydroxylation is 1. The topological polar surface area (TPSA) is 43.9 Å². The highest BCUT2D eigenvalue weighted by molar-refractivity contribution is 7.10. The normalized spacial score (nSPS) is 20.5. The van der Waals surface area contributed by atoms with Crippen molar-refractivity contribution in [3.63, 3.8) is 0 Å². The number of thiophene rings is 1. The zero-order valence-corrected chi connectivity index (χ0v) is 21.7. The van der Waals surface area contributed by atoms with Gasteiger partial charge in [0.25, 0.3) is 5.91 Å². The summed E-state index contributed by atoms with van der Waals surface area (Å²) in [6.45, 7) is 6.95. The van der Waals surface area contributed by atoms with Crippen LogP contribution >= 0.6 is 22.9 Å². The first-order valence-electron chi connectivity index (χ1n) is 12.1. The maximum atomic E-state index is 13.5. The molecule has 0 unspecified atom stereocenters. The fraction of sp³-hybridized carbons (Fsp3) is 0.357. The number of benzene rings is 2. The number of fused-ring (bicyclic) bond motifs is 1. The molecule has 0 bridgehead atoms. The summed E-state index contributed by atoms with van der Waals surface area (Å²) in [5, 5.41) is 2.63. The molecule has 0 N–H and O–H groups in total. The molecule has 3 aromatic rings. The molecule has 2 amide bonds. The third-order valence-corrected chi connectivity index (χ3v) is 8.56. The van der Waals surface area contributed by atoms with Gasteiger partial charge < -0.3 is 9.80 Å². The van der Waals surface area contributed by atoms with Crippen molar-refractivity contribution < 1.29 is 9.59 Å². The van der Waals surface area contributed by atoms with E-state index < -0.39 is 0 Å². The number of halogens is 1. The molecule has 2 aromatic carbocycles. The quantitative estimate of drug-likeness (QED) is 0.497. The smallest absolute Gasteiger partial charge is 0.255 e. The molecular formula is C28H30ClN3O2S. The van der Waals surface area contributed by atoms with Gasteiger partial charge in [-0.1, -0.05) is 48.0 Å². The Hall–Kier alpha value is -2.67. The van der Waals surface area contributed by atoms with Gasteiger partial charge in [-0.15, -0.1) is 11.3 Å². The van der Waals surface area contributed by atoms with Crippen LogP contribution in [0.1, 0.15) is 44.9 Å². The molecular weight excluding hydrogens is 478 g/mol. The van der Waals surface area contributed by atoms with Crippen LogP contribution in [0, 0.1) is 6.92 Å². The molecule has 2 aliphatic heterocycles. The predicted molar refractivity (Wildman–Crippen MR) is 141 cm³/mol. The standard InChI is InChI=1S/C28H30ClN3O2S/c1-19-7-3-4-8-21(19)27-23-12-16-35-25(23)11-13-31(27)18-26(33)30-14-15-32(20(2)17-30)28(34)22-9-5-6-10-24(22)29/h3-10,12,16,20,27H,11,13-15,17-18H2,1-2H3/t20-,27+/m0/s1. The van der Waals surface area contributed by atoms with E-state index in [-0.39, 0.29) is 23.9 Å². The van der Waals surface area contributed by atoms with E-state index in [1.165, 1.54) is 21.6 Å². The van der Waals surface area contributed by atoms with Crippen LogP contribution in [0.4, 0.5) is 0 Å². The maximum Gasteiger partial charge on any atom is 0.255 e. The van der Waals surface area contributed by atoms with Gasteiger partial charge in [0.15, 0.2) is 0 Å². The van der Waals surface area contributed by atoms with Gasteiger partial charge in [-0.25, -0.2) is 0 Å². The maximum absolute atomic E-state index is 13.5. The second kappa shape index (κ2) is 10.1. The van der Waals surface area contributed by atoms with Crippen LogP contribution in [-0.2, 0) is 11.2 Å². The predicted octanol–water partition coefficient (Wildman–Crippen LogP) is 5.03. The number of piperazine rings is 1. The Labute approximate surface area is 215 Å². The molecule has 0 aliphatic carbocycles. The van der Waals surface area contributed by atoms with Gasteiger partial charge in [0, 0.05) is 37.1 Å². The summed E-state index contributed by atoms with van der Waals surface area (Å²) in [6.07, 6.45) is 0.971. The number of nitrogens with zero attached hydrogens (tertiary/aromatic N) is 3. The Balaban J connectivity index is 1.30. The average Bonchev–Trinajstić information content (AvgIpc) is 3.33. The van der Waals surface area contributed by atoms with E-state index in [1.807, 2.05) is 40.2 Å². The third kappa shape index (κ3) is 4.75. The van der Waals surface area contributed by atoms with E-state index in [2.05, 4.69) is 47.5 Å². The molecule has 2 atom stereocenters. The van der Waals surface area contributed by atoms with E-state index in [0.717, 1.165) is 13.0 Å². The number of hydrogen-bond acceptors (Lipinski definition) is 4. The number of carbonyl (C=O) groups is 2. The van der Waals surface area contributed by atoms with Crippen LogP contribution in [-0.4, -0.2) is 65.3 Å². The van der Waals surface area contributed by atoms with Gasteiger partial charge in [0.1, 0.15) is 0 Å². The molecule has 3 heterocycles. The monoisotopic (exact) mass is 507 g/mol. The van der Waals surface area contributed by atoms with Crippen molar-refractivity contribution in [3.05, 3.63) is 92.1 Å². The van der Waals surface area contributed by atoms with Crippen LogP contribution < -0.4 is 0 Å². The molecule has 0 spiro atoms. The molecule has 1 fully saturated rings. The van der Waals surface area contributed by atoms with Gasteiger partial charge in [-0.05, 0) is 60.5 Å².